The summed E-state index contributed by atoms with van der Waals surface area (Å²) < 4.78 is 36.1. The number of amides is 1. The first kappa shape index (κ1) is 60.4. The molecule has 1 saturated carbocycles. The number of nitrogens with zero attached hydrogens (tertiary/aromatic N) is 1. The summed E-state index contributed by atoms with van der Waals surface area (Å²) in [7, 11) is 2.34. The molecule has 3 fully saturated rings. The van der Waals surface area contributed by atoms with Crippen molar-refractivity contribution in [2.75, 3.05) is 34.5 Å². The van der Waals surface area contributed by atoms with Crippen molar-refractivity contribution in [1.29, 1.82) is 0 Å². The van der Waals surface area contributed by atoms with Gasteiger partial charge in [0.05, 0.1) is 24.4 Å². The number of aliphatic hydroxyl groups is 2. The highest BCUT2D eigenvalue weighted by molar-refractivity contribution is 6.69. The van der Waals surface area contributed by atoms with Crippen LogP contribution in [0.15, 0.2) is 47.6 Å². The number of methoxy groups -OCH3 is 3. The van der Waals surface area contributed by atoms with Crippen molar-refractivity contribution in [3.05, 3.63) is 47.6 Å². The normalized spacial score (nSPS) is 38.3. The van der Waals surface area contributed by atoms with Crippen molar-refractivity contribution in [2.45, 2.75) is 199 Å². The molecule has 15 nitrogen and oxygen atoms in total. The first-order valence-electron chi connectivity index (χ1n) is 26.3. The molecule has 4 aliphatic rings. The summed E-state index contributed by atoms with van der Waals surface area (Å²) in [5.74, 6) is -7.93. The van der Waals surface area contributed by atoms with Crippen LogP contribution in [-0.4, -0.2) is 146 Å². The molecule has 1 aliphatic carbocycles. The smallest absolute Gasteiger partial charge is 0.329 e. The van der Waals surface area contributed by atoms with Crippen LogP contribution in [0.4, 0.5) is 0 Å². The van der Waals surface area contributed by atoms with E-state index in [9.17, 15) is 39.0 Å². The number of rotatable bonds is 10. The minimum atomic E-state index is -2.43. The number of carbonyl (C=O) groups is 5. The zero-order valence-corrected chi connectivity index (χ0v) is 45.9. The zero-order valence-electron chi connectivity index (χ0n) is 44.9. The van der Waals surface area contributed by atoms with E-state index in [0.29, 0.717) is 69.6 Å². The van der Waals surface area contributed by atoms with Crippen LogP contribution >= 0.6 is 0 Å². The number of cyclic esters (lactones) is 1. The van der Waals surface area contributed by atoms with Crippen LogP contribution in [-0.2, 0) is 52.4 Å². The van der Waals surface area contributed by atoms with Gasteiger partial charge in [-0.1, -0.05) is 71.1 Å². The van der Waals surface area contributed by atoms with Gasteiger partial charge in [0.15, 0.2) is 14.1 Å². The molecule has 2 bridgehead atoms. The molecule has 2 saturated heterocycles. The minimum Gasteiger partial charge on any atom is -0.460 e. The number of hydrogen-bond donors (Lipinski definition) is 3. The SMILES string of the molecule is CO[C@H]1C[C@@H]2CC[C@@H](C)[C@@](O)(O2)C(=O)C(=O)N2CCCC[C@H]2C(=O)O[C@H]([C@@H](C)C[C@@H]2CC[C@@H](OCC[Si](C)(C)O)[C@H](OC)C2)CC(=O)[C@H](C)/C=C(\C)[C@@H](O)[C@@H](OC)C(=O)[C@H](C)C[C@H](C)/C=C/C=C/C=C/1C. The molecule has 4 rings (SSSR count). The fourth-order valence-corrected chi connectivity index (χ4v) is 11.4. The Hall–Kier alpha value is -3.19. The number of piperidine rings is 1. The van der Waals surface area contributed by atoms with Gasteiger partial charge < -0.3 is 48.3 Å². The fourth-order valence-electron chi connectivity index (χ4n) is 10.8. The molecule has 0 unspecified atom stereocenters. The highest BCUT2D eigenvalue weighted by Crippen LogP contribution is 2.38. The first-order valence-corrected chi connectivity index (χ1v) is 29.4. The number of Topliss-reactive ketones (excluding diaryl/α,β-unsaturated/α-hetero) is 3. The van der Waals surface area contributed by atoms with Crippen molar-refractivity contribution >= 4 is 37.5 Å². The molecule has 0 aromatic rings. The third-order valence-electron chi connectivity index (χ3n) is 15.5. The molecule has 71 heavy (non-hydrogen) atoms. The van der Waals surface area contributed by atoms with Gasteiger partial charge in [0, 0.05) is 65.1 Å². The van der Waals surface area contributed by atoms with E-state index < -0.39 is 86.1 Å². The number of carbonyl (C=O) groups excluding carboxylic acids is 5. The Balaban J connectivity index is 1.68. The summed E-state index contributed by atoms with van der Waals surface area (Å²) in [5.41, 5.74) is 1.27. The number of esters is 1. The van der Waals surface area contributed by atoms with E-state index in [2.05, 4.69) is 0 Å². The summed E-state index contributed by atoms with van der Waals surface area (Å²) >= 11 is 0. The molecule has 402 valence electrons. The van der Waals surface area contributed by atoms with Gasteiger partial charge in [-0.2, -0.15) is 0 Å². The lowest BCUT2D eigenvalue weighted by Gasteiger charge is -2.42. The highest BCUT2D eigenvalue weighted by Gasteiger charge is 2.53. The Morgan fingerprint density at radius 1 is 0.859 bits per heavy atom. The van der Waals surface area contributed by atoms with Crippen molar-refractivity contribution in [3.63, 3.8) is 0 Å². The molecule has 0 aromatic heterocycles. The van der Waals surface area contributed by atoms with Crippen LogP contribution in [0.25, 0.3) is 0 Å². The van der Waals surface area contributed by atoms with Gasteiger partial charge in [0.2, 0.25) is 5.79 Å². The minimum absolute atomic E-state index is 0.0154. The second-order valence-corrected chi connectivity index (χ2v) is 26.1. The number of hydrogen-bond acceptors (Lipinski definition) is 14. The van der Waals surface area contributed by atoms with E-state index in [1.165, 1.54) is 12.0 Å². The lowest BCUT2D eigenvalue weighted by atomic mass is 9.78. The predicted molar refractivity (Wildman–Crippen MR) is 273 cm³/mol. The Bertz CT molecular complexity index is 1910. The van der Waals surface area contributed by atoms with E-state index in [-0.39, 0.29) is 60.9 Å². The molecule has 0 radical (unpaired) electrons. The molecule has 0 spiro atoms. The maximum Gasteiger partial charge on any atom is 0.329 e. The van der Waals surface area contributed by atoms with Gasteiger partial charge in [-0.3, -0.25) is 19.2 Å². The molecule has 16 heteroatoms. The summed E-state index contributed by atoms with van der Waals surface area (Å²) in [6.45, 7) is 17.0. The number of allylic oxidation sites excluding steroid dienone is 6. The van der Waals surface area contributed by atoms with Gasteiger partial charge in [0.1, 0.15) is 30.1 Å². The highest BCUT2D eigenvalue weighted by atomic mass is 28.4. The number of fused-ring (bicyclic) bond motifs is 3. The fraction of sp³-hybridized carbons (Fsp3) is 0.764. The van der Waals surface area contributed by atoms with Crippen molar-refractivity contribution in [2.24, 2.45) is 35.5 Å². The maximum absolute atomic E-state index is 14.5. The van der Waals surface area contributed by atoms with Gasteiger partial charge >= 0.3 is 5.97 Å². The Kier molecular flexibility index (Phi) is 23.7. The zero-order chi connectivity index (χ0) is 52.8. The Labute approximate surface area is 425 Å². The Morgan fingerprint density at radius 3 is 2.24 bits per heavy atom. The van der Waals surface area contributed by atoms with Crippen LogP contribution in [0.2, 0.25) is 19.1 Å². The van der Waals surface area contributed by atoms with E-state index in [0.717, 1.165) is 18.4 Å². The average Bonchev–Trinajstić information content (AvgIpc) is 3.32. The molecular formula is C55H89NO14Si. The summed E-state index contributed by atoms with van der Waals surface area (Å²) in [6.07, 6.45) is 12.2. The molecule has 3 N–H and O–H groups in total. The van der Waals surface area contributed by atoms with Crippen LogP contribution in [0, 0.1) is 35.5 Å². The topological polar surface area (TPSA) is 205 Å². The second-order valence-electron chi connectivity index (χ2n) is 22.0. The van der Waals surface area contributed by atoms with Crippen LogP contribution in [0.3, 0.4) is 0 Å². The van der Waals surface area contributed by atoms with Crippen LogP contribution in [0.5, 0.6) is 0 Å². The molecular weight excluding hydrogens is 927 g/mol. The molecule has 0 aromatic carbocycles. The van der Waals surface area contributed by atoms with E-state index >= 15 is 0 Å². The van der Waals surface area contributed by atoms with Gasteiger partial charge in [-0.25, -0.2) is 4.79 Å². The molecule has 3 heterocycles. The Morgan fingerprint density at radius 2 is 1.58 bits per heavy atom. The first-order chi connectivity index (χ1) is 33.4. The quantitative estimate of drug-likeness (QED) is 0.0845. The number of ketones is 3. The van der Waals surface area contributed by atoms with Gasteiger partial charge in [0.25, 0.3) is 11.7 Å². The number of aliphatic hydroxyl groups excluding tert-OH is 1. The summed E-state index contributed by atoms with van der Waals surface area (Å²) in [6, 6.07) is -0.527. The lowest BCUT2D eigenvalue weighted by molar-refractivity contribution is -0.265. The van der Waals surface area contributed by atoms with E-state index in [1.807, 2.05) is 71.2 Å². The average molecular weight is 1020 g/mol. The molecule has 3 aliphatic heterocycles. The third-order valence-corrected chi connectivity index (χ3v) is 16.9. The summed E-state index contributed by atoms with van der Waals surface area (Å²) in [4.78, 5) is 82.8. The van der Waals surface area contributed by atoms with Gasteiger partial charge in [-0.05, 0) is 126 Å². The van der Waals surface area contributed by atoms with E-state index in [1.54, 1.807) is 41.1 Å². The van der Waals surface area contributed by atoms with Crippen molar-refractivity contribution in [1.82, 2.24) is 4.90 Å². The summed E-state index contributed by atoms with van der Waals surface area (Å²) in [5, 5.41) is 23.5. The number of ether oxygens (including phenoxy) is 6. The van der Waals surface area contributed by atoms with Crippen molar-refractivity contribution in [3.8, 4) is 0 Å². The van der Waals surface area contributed by atoms with Crippen molar-refractivity contribution < 1.29 is 67.4 Å². The van der Waals surface area contributed by atoms with Gasteiger partial charge in [-0.15, -0.1) is 0 Å². The second kappa shape index (κ2) is 27.9. The standard InChI is InChI=1S/C55H89NO14Si/c1-34-18-14-13-15-19-35(2)46(65-8)32-42-23-21-40(7)55(63,70-42)52(60)53(61)56-25-17-16-20-43(56)54(62)69-47(33-44(57)36(3)29-39(6)50(59)51(67-10)49(58)38(5)28-34)37(4)30-41-22-24-45(48(31-41)66-9)68-26-27-71(11,12)64/h13-15,18-19,29,34,36-38,40-43,45-48,50-51,59,63-64H,16-17,20-28,30-33H2,1-12H3/b15-13+,18-14+,35-19+,39-29+/t34-,36-,37+,38-,40-,41+,42+,43+,45-,46+,47+,48-,50-,51+,55-/m1/s1. The third kappa shape index (κ3) is 17.2. The maximum atomic E-state index is 14.5. The largest absolute Gasteiger partial charge is 0.460 e. The monoisotopic (exact) mass is 1020 g/mol. The lowest BCUT2D eigenvalue weighted by Crippen LogP contribution is -2.61. The van der Waals surface area contributed by atoms with Crippen LogP contribution < -0.4 is 0 Å². The van der Waals surface area contributed by atoms with E-state index in [4.69, 9.17) is 28.4 Å². The molecule has 15 atom stereocenters. The predicted octanol–water partition coefficient (Wildman–Crippen LogP) is 7.40. The molecule has 1 amide bonds. The van der Waals surface area contributed by atoms with Crippen LogP contribution in [0.1, 0.15) is 126 Å².